The Morgan fingerprint density at radius 1 is 0.781 bits per heavy atom. The highest BCUT2D eigenvalue weighted by Crippen LogP contribution is 2.38. The van der Waals surface area contributed by atoms with Crippen molar-refractivity contribution in [1.82, 2.24) is 9.55 Å². The molecular weight excluding hydrogens is 394 g/mol. The number of pyridine rings is 1. The van der Waals surface area contributed by atoms with Crippen molar-refractivity contribution < 1.29 is 8.98 Å². The van der Waals surface area contributed by atoms with Gasteiger partial charge in [-0.2, -0.15) is 4.57 Å². The highest BCUT2D eigenvalue weighted by atomic mass is 16.3. The summed E-state index contributed by atoms with van der Waals surface area (Å²) < 4.78 is 11.1. The van der Waals surface area contributed by atoms with Crippen LogP contribution in [0.4, 0.5) is 0 Å². The van der Waals surface area contributed by atoms with E-state index < -0.39 is 0 Å². The average molecular weight is 419 g/mol. The minimum absolute atomic E-state index is 0.688. The molecule has 156 valence electrons. The standard InChI is InChI=1S/C28H24N3O/c1-17-9-5-6-10-22(17)31-24-12-8-7-11-23(24)30(4)28(31)25-18(2)13-15-20-21-16-14-19(3)29-27(21)32-26(20)25/h5-16H,1-4H3/q+1. The lowest BCUT2D eigenvalue weighted by molar-refractivity contribution is -0.633. The van der Waals surface area contributed by atoms with Crippen LogP contribution in [0.25, 0.3) is 50.2 Å². The lowest BCUT2D eigenvalue weighted by Gasteiger charge is -2.09. The maximum Gasteiger partial charge on any atom is 0.298 e. The monoisotopic (exact) mass is 418 g/mol. The molecule has 0 fully saturated rings. The van der Waals surface area contributed by atoms with E-state index in [2.05, 4.69) is 102 Å². The molecule has 0 spiro atoms. The maximum absolute atomic E-state index is 6.43. The van der Waals surface area contributed by atoms with E-state index in [1.807, 2.05) is 13.0 Å². The van der Waals surface area contributed by atoms with E-state index in [1.54, 1.807) is 0 Å². The minimum atomic E-state index is 0.688. The van der Waals surface area contributed by atoms with Gasteiger partial charge in [0, 0.05) is 16.5 Å². The first kappa shape index (κ1) is 18.8. The smallest absolute Gasteiger partial charge is 0.298 e. The van der Waals surface area contributed by atoms with Gasteiger partial charge in [-0.1, -0.05) is 42.5 Å². The van der Waals surface area contributed by atoms with Crippen molar-refractivity contribution in [2.75, 3.05) is 0 Å². The second kappa shape index (κ2) is 6.79. The van der Waals surface area contributed by atoms with E-state index in [4.69, 9.17) is 4.42 Å². The molecule has 3 aromatic heterocycles. The van der Waals surface area contributed by atoms with Gasteiger partial charge in [0.25, 0.3) is 5.82 Å². The van der Waals surface area contributed by atoms with Gasteiger partial charge in [-0.25, -0.2) is 9.55 Å². The zero-order valence-electron chi connectivity index (χ0n) is 18.7. The molecule has 0 saturated heterocycles. The van der Waals surface area contributed by atoms with Crippen LogP contribution < -0.4 is 4.57 Å². The van der Waals surface area contributed by atoms with Crippen LogP contribution in [0, 0.1) is 20.8 Å². The fourth-order valence-corrected chi connectivity index (χ4v) is 4.84. The Morgan fingerprint density at radius 3 is 2.38 bits per heavy atom. The third kappa shape index (κ3) is 2.56. The molecule has 0 atom stereocenters. The largest absolute Gasteiger partial charge is 0.437 e. The molecule has 0 bridgehead atoms. The number of imidazole rings is 1. The van der Waals surface area contributed by atoms with E-state index in [9.17, 15) is 0 Å². The van der Waals surface area contributed by atoms with E-state index in [0.29, 0.717) is 5.71 Å². The Morgan fingerprint density at radius 2 is 1.53 bits per heavy atom. The molecule has 0 aliphatic rings. The average Bonchev–Trinajstić information content (AvgIpc) is 3.29. The van der Waals surface area contributed by atoms with E-state index in [0.717, 1.165) is 33.4 Å². The SMILES string of the molecule is Cc1ccc2c(n1)oc1c(-c3n(-c4ccccc4C)c4ccccc4[n+]3C)c(C)ccc12. The van der Waals surface area contributed by atoms with Crippen molar-refractivity contribution in [1.29, 1.82) is 0 Å². The second-order valence-electron chi connectivity index (χ2n) is 8.53. The summed E-state index contributed by atoms with van der Waals surface area (Å²) in [5.41, 5.74) is 9.52. The molecule has 32 heavy (non-hydrogen) atoms. The van der Waals surface area contributed by atoms with Crippen molar-refractivity contribution in [3.8, 4) is 17.1 Å². The number of benzene rings is 3. The summed E-state index contributed by atoms with van der Waals surface area (Å²) in [5, 5.41) is 2.14. The minimum Gasteiger partial charge on any atom is -0.437 e. The number of furan rings is 1. The summed E-state index contributed by atoms with van der Waals surface area (Å²) in [6.45, 7) is 6.31. The summed E-state index contributed by atoms with van der Waals surface area (Å²) >= 11 is 0. The molecule has 3 aromatic carbocycles. The number of rotatable bonds is 2. The van der Waals surface area contributed by atoms with Gasteiger partial charge in [0.15, 0.2) is 16.6 Å². The number of aryl methyl sites for hydroxylation is 4. The lowest BCUT2D eigenvalue weighted by Crippen LogP contribution is -2.30. The summed E-state index contributed by atoms with van der Waals surface area (Å²) in [7, 11) is 2.13. The van der Waals surface area contributed by atoms with Crippen LogP contribution in [0.5, 0.6) is 0 Å². The highest BCUT2D eigenvalue weighted by Gasteiger charge is 2.30. The molecule has 0 amide bonds. The Labute approximate surface area is 186 Å². The molecule has 0 aliphatic carbocycles. The summed E-state index contributed by atoms with van der Waals surface area (Å²) in [5.74, 6) is 1.10. The van der Waals surface area contributed by atoms with E-state index in [1.165, 1.54) is 27.8 Å². The van der Waals surface area contributed by atoms with E-state index >= 15 is 0 Å². The van der Waals surface area contributed by atoms with Crippen LogP contribution in [-0.2, 0) is 7.05 Å². The fourth-order valence-electron chi connectivity index (χ4n) is 4.84. The van der Waals surface area contributed by atoms with Gasteiger partial charge < -0.3 is 4.42 Å². The lowest BCUT2D eigenvalue weighted by atomic mass is 10.0. The predicted octanol–water partition coefficient (Wildman–Crippen LogP) is 6.34. The molecule has 0 radical (unpaired) electrons. The quantitative estimate of drug-likeness (QED) is 0.308. The van der Waals surface area contributed by atoms with E-state index in [-0.39, 0.29) is 0 Å². The molecule has 6 rings (SSSR count). The Balaban J connectivity index is 1.82. The van der Waals surface area contributed by atoms with Crippen molar-refractivity contribution in [2.24, 2.45) is 7.05 Å². The van der Waals surface area contributed by atoms with Crippen molar-refractivity contribution in [2.45, 2.75) is 20.8 Å². The third-order valence-electron chi connectivity index (χ3n) is 6.45. The number of nitrogens with zero attached hydrogens (tertiary/aromatic N) is 3. The van der Waals surface area contributed by atoms with Gasteiger partial charge in [-0.3, -0.25) is 0 Å². The highest BCUT2D eigenvalue weighted by molar-refractivity contribution is 6.09. The van der Waals surface area contributed by atoms with Crippen LogP contribution in [0.3, 0.4) is 0 Å². The first-order valence-electron chi connectivity index (χ1n) is 10.9. The van der Waals surface area contributed by atoms with Crippen LogP contribution in [-0.4, -0.2) is 9.55 Å². The number of fused-ring (bicyclic) bond motifs is 4. The first-order valence-corrected chi connectivity index (χ1v) is 10.9. The first-order chi connectivity index (χ1) is 15.5. The van der Waals surface area contributed by atoms with Gasteiger partial charge in [-0.05, 0) is 62.2 Å². The zero-order valence-corrected chi connectivity index (χ0v) is 18.7. The molecule has 3 heterocycles. The van der Waals surface area contributed by atoms with Crippen LogP contribution in [0.1, 0.15) is 16.8 Å². The number of hydrogen-bond acceptors (Lipinski definition) is 2. The zero-order chi connectivity index (χ0) is 22.0. The molecular formula is C28H24N3O+. The Bertz CT molecular complexity index is 1670. The van der Waals surface area contributed by atoms with Gasteiger partial charge in [0.1, 0.15) is 11.3 Å². The summed E-state index contributed by atoms with van der Waals surface area (Å²) in [6, 6.07) is 25.6. The number of aromatic nitrogens is 3. The van der Waals surface area contributed by atoms with Crippen molar-refractivity contribution in [3.63, 3.8) is 0 Å². The normalized spacial score (nSPS) is 11.8. The number of para-hydroxylation sites is 3. The third-order valence-corrected chi connectivity index (χ3v) is 6.45. The van der Waals surface area contributed by atoms with Gasteiger partial charge in [-0.15, -0.1) is 0 Å². The number of hydrogen-bond donors (Lipinski definition) is 0. The second-order valence-corrected chi connectivity index (χ2v) is 8.53. The Hall–Kier alpha value is -3.92. The molecule has 4 nitrogen and oxygen atoms in total. The van der Waals surface area contributed by atoms with Crippen LogP contribution >= 0.6 is 0 Å². The van der Waals surface area contributed by atoms with Crippen molar-refractivity contribution in [3.05, 3.63) is 89.6 Å². The molecule has 0 aliphatic heterocycles. The van der Waals surface area contributed by atoms with Gasteiger partial charge in [0.05, 0.1) is 7.05 Å². The topological polar surface area (TPSA) is 34.8 Å². The Kier molecular flexibility index (Phi) is 3.99. The maximum atomic E-state index is 6.43. The van der Waals surface area contributed by atoms with Gasteiger partial charge in [0.2, 0.25) is 5.71 Å². The summed E-state index contributed by atoms with van der Waals surface area (Å²) in [4.78, 5) is 4.66. The van der Waals surface area contributed by atoms with Gasteiger partial charge >= 0.3 is 0 Å². The van der Waals surface area contributed by atoms with Crippen molar-refractivity contribution >= 4 is 33.1 Å². The van der Waals surface area contributed by atoms with Crippen LogP contribution in [0.15, 0.2) is 77.2 Å². The van der Waals surface area contributed by atoms with Crippen LogP contribution in [0.2, 0.25) is 0 Å². The molecule has 0 N–H and O–H groups in total. The molecule has 6 aromatic rings. The summed E-state index contributed by atoms with van der Waals surface area (Å²) in [6.07, 6.45) is 0. The fraction of sp³-hybridized carbons (Fsp3) is 0.143. The predicted molar refractivity (Wildman–Crippen MR) is 129 cm³/mol. The molecule has 0 saturated carbocycles. The molecule has 4 heteroatoms. The molecule has 0 unspecified atom stereocenters.